The summed E-state index contributed by atoms with van der Waals surface area (Å²) in [5.41, 5.74) is 6.31. The molecule has 0 radical (unpaired) electrons. The molecule has 0 heterocycles. The van der Waals surface area contributed by atoms with E-state index in [-0.39, 0.29) is 23.6 Å². The summed E-state index contributed by atoms with van der Waals surface area (Å²) in [6, 6.07) is 5.29. The number of carbonyl (C=O) groups excluding carboxylic acids is 1. The summed E-state index contributed by atoms with van der Waals surface area (Å²) in [6.07, 6.45) is 3.57. The van der Waals surface area contributed by atoms with Crippen LogP contribution >= 0.6 is 15.9 Å². The lowest BCUT2D eigenvalue weighted by atomic mass is 9.85. The summed E-state index contributed by atoms with van der Waals surface area (Å²) in [6.45, 7) is 0. The molecular weight excluding hydrogens is 296 g/mol. The number of hydrogen-bond donors (Lipinski definition) is 3. The van der Waals surface area contributed by atoms with Crippen molar-refractivity contribution in [2.24, 2.45) is 11.7 Å². The Labute approximate surface area is 115 Å². The van der Waals surface area contributed by atoms with Gasteiger partial charge in [0.2, 0.25) is 5.91 Å². The topological polar surface area (TPSA) is 75.4 Å². The Bertz CT molecular complexity index is 451. The van der Waals surface area contributed by atoms with Gasteiger partial charge in [0, 0.05) is 12.0 Å². The first kappa shape index (κ1) is 13.4. The molecule has 0 spiro atoms. The maximum Gasteiger partial charge on any atom is 0.227 e. The molecule has 1 saturated carbocycles. The number of halogens is 1. The molecule has 2 unspecified atom stereocenters. The number of nitrogens with two attached hydrogens (primary N) is 1. The minimum absolute atomic E-state index is 0.0490. The van der Waals surface area contributed by atoms with Crippen molar-refractivity contribution in [3.8, 4) is 5.75 Å². The van der Waals surface area contributed by atoms with Crippen molar-refractivity contribution in [1.29, 1.82) is 0 Å². The molecule has 18 heavy (non-hydrogen) atoms. The van der Waals surface area contributed by atoms with Crippen molar-refractivity contribution in [3.63, 3.8) is 0 Å². The van der Waals surface area contributed by atoms with E-state index >= 15 is 0 Å². The Hall–Kier alpha value is -1.07. The SMILES string of the molecule is NC1CCCC(C(=O)Nc2cccc(Br)c2O)C1. The predicted molar refractivity (Wildman–Crippen MR) is 74.4 cm³/mol. The molecule has 1 aliphatic carbocycles. The second-order valence-electron chi connectivity index (χ2n) is 4.75. The fourth-order valence-electron chi connectivity index (χ4n) is 2.32. The van der Waals surface area contributed by atoms with Gasteiger partial charge in [-0.25, -0.2) is 0 Å². The number of phenolic OH excluding ortho intramolecular Hbond substituents is 1. The molecule has 1 aliphatic rings. The molecule has 1 aromatic carbocycles. The zero-order valence-corrected chi connectivity index (χ0v) is 11.6. The van der Waals surface area contributed by atoms with Crippen LogP contribution < -0.4 is 11.1 Å². The highest BCUT2D eigenvalue weighted by Gasteiger charge is 2.25. The first-order valence-corrected chi connectivity index (χ1v) is 6.91. The van der Waals surface area contributed by atoms with Crippen LogP contribution in [0.25, 0.3) is 0 Å². The van der Waals surface area contributed by atoms with Crippen LogP contribution in [-0.4, -0.2) is 17.1 Å². The summed E-state index contributed by atoms with van der Waals surface area (Å²) in [7, 11) is 0. The van der Waals surface area contributed by atoms with E-state index in [2.05, 4.69) is 21.2 Å². The second-order valence-corrected chi connectivity index (χ2v) is 5.60. The van der Waals surface area contributed by atoms with Gasteiger partial charge >= 0.3 is 0 Å². The molecule has 2 atom stereocenters. The number of nitrogens with one attached hydrogen (secondary N) is 1. The van der Waals surface area contributed by atoms with Crippen molar-refractivity contribution in [3.05, 3.63) is 22.7 Å². The molecule has 1 fully saturated rings. The Morgan fingerprint density at radius 3 is 2.94 bits per heavy atom. The summed E-state index contributed by atoms with van der Waals surface area (Å²) >= 11 is 3.22. The summed E-state index contributed by atoms with van der Waals surface area (Å²) in [5, 5.41) is 12.6. The van der Waals surface area contributed by atoms with E-state index in [1.54, 1.807) is 18.2 Å². The van der Waals surface area contributed by atoms with Gasteiger partial charge in [0.05, 0.1) is 10.2 Å². The van der Waals surface area contributed by atoms with Crippen molar-refractivity contribution in [1.82, 2.24) is 0 Å². The molecule has 2 rings (SSSR count). The minimum atomic E-state index is -0.0569. The number of carbonyl (C=O) groups is 1. The predicted octanol–water partition coefficient (Wildman–Crippen LogP) is 2.61. The van der Waals surface area contributed by atoms with E-state index < -0.39 is 0 Å². The number of amides is 1. The smallest absolute Gasteiger partial charge is 0.227 e. The molecule has 4 N–H and O–H groups in total. The van der Waals surface area contributed by atoms with Crippen molar-refractivity contribution < 1.29 is 9.90 Å². The number of benzene rings is 1. The summed E-state index contributed by atoms with van der Waals surface area (Å²) in [4.78, 5) is 12.1. The van der Waals surface area contributed by atoms with Crippen LogP contribution in [0.15, 0.2) is 22.7 Å². The van der Waals surface area contributed by atoms with Gasteiger partial charge < -0.3 is 16.2 Å². The lowest BCUT2D eigenvalue weighted by Crippen LogP contribution is -2.34. The molecule has 4 nitrogen and oxygen atoms in total. The molecule has 0 aromatic heterocycles. The van der Waals surface area contributed by atoms with Gasteiger partial charge in [0.25, 0.3) is 0 Å². The highest BCUT2D eigenvalue weighted by Crippen LogP contribution is 2.32. The van der Waals surface area contributed by atoms with Crippen LogP contribution in [-0.2, 0) is 4.79 Å². The van der Waals surface area contributed by atoms with Gasteiger partial charge in [0.15, 0.2) is 5.75 Å². The highest BCUT2D eigenvalue weighted by molar-refractivity contribution is 9.10. The summed E-state index contributed by atoms with van der Waals surface area (Å²) < 4.78 is 0.570. The van der Waals surface area contributed by atoms with Gasteiger partial charge in [0.1, 0.15) is 0 Å². The fraction of sp³-hybridized carbons (Fsp3) is 0.462. The van der Waals surface area contributed by atoms with Gasteiger partial charge in [-0.1, -0.05) is 12.5 Å². The van der Waals surface area contributed by atoms with Crippen LogP contribution in [0, 0.1) is 5.92 Å². The summed E-state index contributed by atoms with van der Waals surface area (Å²) in [5.74, 6) is -0.0448. The number of anilines is 1. The number of aromatic hydroxyl groups is 1. The average Bonchev–Trinajstić information content (AvgIpc) is 2.35. The van der Waals surface area contributed by atoms with E-state index in [4.69, 9.17) is 5.73 Å². The monoisotopic (exact) mass is 312 g/mol. The Balaban J connectivity index is 2.04. The molecule has 0 saturated heterocycles. The van der Waals surface area contributed by atoms with Crippen LogP contribution in [0.4, 0.5) is 5.69 Å². The quantitative estimate of drug-likeness (QED) is 0.735. The third kappa shape index (κ3) is 3.03. The van der Waals surface area contributed by atoms with Crippen molar-refractivity contribution in [2.45, 2.75) is 31.7 Å². The van der Waals surface area contributed by atoms with Crippen molar-refractivity contribution in [2.75, 3.05) is 5.32 Å². The number of phenols is 1. The van der Waals surface area contributed by atoms with E-state index in [1.807, 2.05) is 0 Å². The average molecular weight is 313 g/mol. The van der Waals surface area contributed by atoms with Gasteiger partial charge in [-0.05, 0) is 47.3 Å². The zero-order valence-electron chi connectivity index (χ0n) is 10.0. The molecule has 0 aliphatic heterocycles. The number of para-hydroxylation sites is 1. The third-order valence-electron chi connectivity index (χ3n) is 3.33. The Morgan fingerprint density at radius 2 is 2.22 bits per heavy atom. The molecule has 0 bridgehead atoms. The number of rotatable bonds is 2. The number of hydrogen-bond acceptors (Lipinski definition) is 3. The van der Waals surface area contributed by atoms with Gasteiger partial charge in [-0.15, -0.1) is 0 Å². The third-order valence-corrected chi connectivity index (χ3v) is 3.97. The zero-order chi connectivity index (χ0) is 13.1. The molecule has 1 aromatic rings. The van der Waals surface area contributed by atoms with Gasteiger partial charge in [-0.2, -0.15) is 0 Å². The first-order chi connectivity index (χ1) is 8.58. The normalized spacial score (nSPS) is 23.7. The van der Waals surface area contributed by atoms with Gasteiger partial charge in [-0.3, -0.25) is 4.79 Å². The van der Waals surface area contributed by atoms with Crippen molar-refractivity contribution >= 4 is 27.5 Å². The second kappa shape index (κ2) is 5.71. The van der Waals surface area contributed by atoms with E-state index in [9.17, 15) is 9.90 Å². The van der Waals surface area contributed by atoms with E-state index in [1.165, 1.54) is 0 Å². The standard InChI is InChI=1S/C13H17BrN2O2/c14-10-5-2-6-11(12(10)17)16-13(18)8-3-1-4-9(15)7-8/h2,5-6,8-9,17H,1,3-4,7,15H2,(H,16,18). The molecule has 1 amide bonds. The van der Waals surface area contributed by atoms with Crippen LogP contribution in [0.5, 0.6) is 5.75 Å². The molecule has 98 valence electrons. The maximum absolute atomic E-state index is 12.1. The molecular formula is C13H17BrN2O2. The largest absolute Gasteiger partial charge is 0.505 e. The van der Waals surface area contributed by atoms with Crippen LogP contribution in [0.2, 0.25) is 0 Å². The fourth-order valence-corrected chi connectivity index (χ4v) is 2.68. The Morgan fingerprint density at radius 1 is 1.44 bits per heavy atom. The van der Waals surface area contributed by atoms with Crippen LogP contribution in [0.3, 0.4) is 0 Å². The molecule has 5 heteroatoms. The van der Waals surface area contributed by atoms with Crippen LogP contribution in [0.1, 0.15) is 25.7 Å². The van der Waals surface area contributed by atoms with E-state index in [0.29, 0.717) is 10.2 Å². The van der Waals surface area contributed by atoms with E-state index in [0.717, 1.165) is 25.7 Å². The lowest BCUT2D eigenvalue weighted by Gasteiger charge is -2.25. The first-order valence-electron chi connectivity index (χ1n) is 6.12. The maximum atomic E-state index is 12.1. The Kier molecular flexibility index (Phi) is 4.24. The minimum Gasteiger partial charge on any atom is -0.505 e. The highest BCUT2D eigenvalue weighted by atomic mass is 79.9. The lowest BCUT2D eigenvalue weighted by molar-refractivity contribution is -0.120.